The Hall–Kier alpha value is -0.730. The highest BCUT2D eigenvalue weighted by Crippen LogP contribution is 2.12. The van der Waals surface area contributed by atoms with E-state index in [4.69, 9.17) is 5.11 Å². The monoisotopic (exact) mass is 187 g/mol. The third-order valence-corrected chi connectivity index (χ3v) is 1.84. The van der Waals surface area contributed by atoms with E-state index < -0.39 is 6.09 Å². The molecule has 0 atom stereocenters. The van der Waals surface area contributed by atoms with Gasteiger partial charge in [0.2, 0.25) is 0 Å². The Kier molecular flexibility index (Phi) is 5.51. The van der Waals surface area contributed by atoms with Crippen LogP contribution in [0.1, 0.15) is 40.5 Å². The van der Waals surface area contributed by atoms with Crippen molar-refractivity contribution < 1.29 is 9.90 Å². The standard InChI is InChI=1S/C10H21NO2/c1-7(2)5-9(6-8(3)4)11-10(12)13/h7-9,11H,5-6H2,1-4H3,(H,12,13). The molecule has 1 amide bonds. The van der Waals surface area contributed by atoms with Crippen LogP contribution in [0.25, 0.3) is 0 Å². The molecule has 0 aliphatic heterocycles. The van der Waals surface area contributed by atoms with Crippen LogP contribution in [0.5, 0.6) is 0 Å². The molecule has 0 radical (unpaired) electrons. The topological polar surface area (TPSA) is 49.3 Å². The molecule has 0 aromatic carbocycles. The summed E-state index contributed by atoms with van der Waals surface area (Å²) in [6.07, 6.45) is 0.931. The lowest BCUT2D eigenvalue weighted by molar-refractivity contribution is 0.185. The lowest BCUT2D eigenvalue weighted by Crippen LogP contribution is -2.35. The molecule has 0 spiro atoms. The zero-order valence-corrected chi connectivity index (χ0v) is 9.00. The molecule has 0 unspecified atom stereocenters. The number of nitrogens with one attached hydrogen (secondary N) is 1. The average molecular weight is 187 g/mol. The number of carbonyl (C=O) groups is 1. The number of hydrogen-bond donors (Lipinski definition) is 2. The Labute approximate surface area is 80.5 Å². The highest BCUT2D eigenvalue weighted by atomic mass is 16.4. The van der Waals surface area contributed by atoms with E-state index in [-0.39, 0.29) is 6.04 Å². The normalized spacial score (nSPS) is 11.3. The zero-order chi connectivity index (χ0) is 10.4. The molecular formula is C10H21NO2. The molecule has 0 bridgehead atoms. The average Bonchev–Trinajstić information content (AvgIpc) is 1.80. The largest absolute Gasteiger partial charge is 0.465 e. The SMILES string of the molecule is CC(C)CC(CC(C)C)NC(=O)O. The molecule has 0 saturated heterocycles. The summed E-state index contributed by atoms with van der Waals surface area (Å²) in [6, 6.07) is 0.109. The van der Waals surface area contributed by atoms with Crippen molar-refractivity contribution in [3.8, 4) is 0 Å². The van der Waals surface area contributed by atoms with E-state index in [1.54, 1.807) is 0 Å². The summed E-state index contributed by atoms with van der Waals surface area (Å²) in [5, 5.41) is 11.2. The minimum absolute atomic E-state index is 0.109. The van der Waals surface area contributed by atoms with Gasteiger partial charge in [-0.15, -0.1) is 0 Å². The van der Waals surface area contributed by atoms with Crippen molar-refractivity contribution >= 4 is 6.09 Å². The highest BCUT2D eigenvalue weighted by molar-refractivity contribution is 5.64. The molecule has 0 aromatic rings. The van der Waals surface area contributed by atoms with Crippen molar-refractivity contribution in [2.24, 2.45) is 11.8 Å². The summed E-state index contributed by atoms with van der Waals surface area (Å²) < 4.78 is 0. The molecule has 0 aromatic heterocycles. The second-order valence-corrected chi connectivity index (χ2v) is 4.41. The van der Waals surface area contributed by atoms with E-state index in [0.717, 1.165) is 12.8 Å². The van der Waals surface area contributed by atoms with Crippen LogP contribution in [-0.4, -0.2) is 17.2 Å². The molecule has 0 aliphatic rings. The molecule has 0 saturated carbocycles. The molecule has 13 heavy (non-hydrogen) atoms. The van der Waals surface area contributed by atoms with Gasteiger partial charge in [0.15, 0.2) is 0 Å². The van der Waals surface area contributed by atoms with E-state index in [2.05, 4.69) is 33.0 Å². The molecule has 3 heteroatoms. The fraction of sp³-hybridized carbons (Fsp3) is 0.900. The summed E-state index contributed by atoms with van der Waals surface area (Å²) >= 11 is 0. The Bertz CT molecular complexity index is 145. The Morgan fingerprint density at radius 2 is 1.54 bits per heavy atom. The second kappa shape index (κ2) is 5.84. The minimum Gasteiger partial charge on any atom is -0.465 e. The summed E-state index contributed by atoms with van der Waals surface area (Å²) in [6.45, 7) is 8.43. The molecule has 3 nitrogen and oxygen atoms in total. The Morgan fingerprint density at radius 3 is 1.77 bits per heavy atom. The number of rotatable bonds is 5. The van der Waals surface area contributed by atoms with Gasteiger partial charge in [0.05, 0.1) is 0 Å². The Morgan fingerprint density at radius 1 is 1.15 bits per heavy atom. The zero-order valence-electron chi connectivity index (χ0n) is 9.00. The van der Waals surface area contributed by atoms with Crippen molar-refractivity contribution in [2.75, 3.05) is 0 Å². The maximum atomic E-state index is 10.5. The minimum atomic E-state index is -0.911. The molecule has 2 N–H and O–H groups in total. The first-order valence-corrected chi connectivity index (χ1v) is 4.91. The van der Waals surface area contributed by atoms with Crippen LogP contribution in [-0.2, 0) is 0 Å². The van der Waals surface area contributed by atoms with Crippen LogP contribution >= 0.6 is 0 Å². The van der Waals surface area contributed by atoms with Crippen molar-refractivity contribution in [3.63, 3.8) is 0 Å². The summed E-state index contributed by atoms with van der Waals surface area (Å²) in [5.41, 5.74) is 0. The van der Waals surface area contributed by atoms with Gasteiger partial charge < -0.3 is 10.4 Å². The van der Waals surface area contributed by atoms with Crippen LogP contribution in [0.3, 0.4) is 0 Å². The predicted octanol–water partition coefficient (Wildman–Crippen LogP) is 2.71. The van der Waals surface area contributed by atoms with Crippen LogP contribution in [0, 0.1) is 11.8 Å². The maximum Gasteiger partial charge on any atom is 0.404 e. The van der Waals surface area contributed by atoms with Crippen molar-refractivity contribution in [2.45, 2.75) is 46.6 Å². The first-order chi connectivity index (χ1) is 5.91. The van der Waals surface area contributed by atoms with E-state index in [0.29, 0.717) is 11.8 Å². The molecule has 78 valence electrons. The first-order valence-electron chi connectivity index (χ1n) is 4.91. The van der Waals surface area contributed by atoms with Gasteiger partial charge in [0.1, 0.15) is 0 Å². The third kappa shape index (κ3) is 7.62. The molecule has 0 heterocycles. The quantitative estimate of drug-likeness (QED) is 0.695. The van der Waals surface area contributed by atoms with Gasteiger partial charge in [0, 0.05) is 6.04 Å². The van der Waals surface area contributed by atoms with Crippen molar-refractivity contribution in [3.05, 3.63) is 0 Å². The number of amides is 1. The van der Waals surface area contributed by atoms with Gasteiger partial charge in [-0.05, 0) is 24.7 Å². The van der Waals surface area contributed by atoms with Crippen LogP contribution in [0.15, 0.2) is 0 Å². The third-order valence-electron chi connectivity index (χ3n) is 1.84. The highest BCUT2D eigenvalue weighted by Gasteiger charge is 2.14. The number of carboxylic acid groups (broad SMARTS) is 1. The smallest absolute Gasteiger partial charge is 0.404 e. The van der Waals surface area contributed by atoms with Gasteiger partial charge >= 0.3 is 6.09 Å². The van der Waals surface area contributed by atoms with Crippen LogP contribution < -0.4 is 5.32 Å². The van der Waals surface area contributed by atoms with Crippen LogP contribution in [0.2, 0.25) is 0 Å². The molecule has 0 rings (SSSR count). The molecular weight excluding hydrogens is 166 g/mol. The molecule has 0 fully saturated rings. The fourth-order valence-corrected chi connectivity index (χ4v) is 1.53. The number of hydrogen-bond acceptors (Lipinski definition) is 1. The van der Waals surface area contributed by atoms with E-state index in [1.807, 2.05) is 0 Å². The van der Waals surface area contributed by atoms with E-state index in [9.17, 15) is 4.79 Å². The maximum absolute atomic E-state index is 10.5. The van der Waals surface area contributed by atoms with Gasteiger partial charge in [-0.25, -0.2) is 4.79 Å². The van der Waals surface area contributed by atoms with Crippen molar-refractivity contribution in [1.82, 2.24) is 5.32 Å². The second-order valence-electron chi connectivity index (χ2n) is 4.41. The van der Waals surface area contributed by atoms with Gasteiger partial charge in [0.25, 0.3) is 0 Å². The van der Waals surface area contributed by atoms with Crippen LogP contribution in [0.4, 0.5) is 4.79 Å². The van der Waals surface area contributed by atoms with Crippen molar-refractivity contribution in [1.29, 1.82) is 0 Å². The summed E-state index contributed by atoms with van der Waals surface area (Å²) in [4.78, 5) is 10.5. The fourth-order valence-electron chi connectivity index (χ4n) is 1.53. The van der Waals surface area contributed by atoms with E-state index in [1.165, 1.54) is 0 Å². The van der Waals surface area contributed by atoms with E-state index >= 15 is 0 Å². The lowest BCUT2D eigenvalue weighted by atomic mass is 9.96. The summed E-state index contributed by atoms with van der Waals surface area (Å²) in [5.74, 6) is 1.08. The first kappa shape index (κ1) is 12.3. The lowest BCUT2D eigenvalue weighted by Gasteiger charge is -2.20. The Balaban J connectivity index is 3.95. The van der Waals surface area contributed by atoms with Gasteiger partial charge in [-0.1, -0.05) is 27.7 Å². The van der Waals surface area contributed by atoms with Gasteiger partial charge in [-0.2, -0.15) is 0 Å². The van der Waals surface area contributed by atoms with Gasteiger partial charge in [-0.3, -0.25) is 0 Å². The summed E-state index contributed by atoms with van der Waals surface area (Å²) in [7, 11) is 0. The molecule has 0 aliphatic carbocycles. The predicted molar refractivity (Wildman–Crippen MR) is 53.9 cm³/mol.